The SMILES string of the molecule is CC(C)C[C@@H](N)C(=O)N[S@@](=O)c1ccccc1. The van der Waals surface area contributed by atoms with Crippen LogP contribution >= 0.6 is 0 Å². The number of benzene rings is 1. The maximum absolute atomic E-state index is 11.8. The van der Waals surface area contributed by atoms with Crippen LogP contribution < -0.4 is 10.5 Å². The van der Waals surface area contributed by atoms with Crippen LogP contribution in [0.2, 0.25) is 0 Å². The smallest absolute Gasteiger partial charge is 0.248 e. The van der Waals surface area contributed by atoms with Gasteiger partial charge < -0.3 is 5.73 Å². The van der Waals surface area contributed by atoms with Crippen LogP contribution in [-0.2, 0) is 15.8 Å². The van der Waals surface area contributed by atoms with Crippen LogP contribution in [0.1, 0.15) is 20.3 Å². The van der Waals surface area contributed by atoms with Gasteiger partial charge in [-0.05, 0) is 24.5 Å². The lowest BCUT2D eigenvalue weighted by Crippen LogP contribution is -2.42. The van der Waals surface area contributed by atoms with Gasteiger partial charge in [0.05, 0.1) is 10.9 Å². The lowest BCUT2D eigenvalue weighted by atomic mass is 10.0. The minimum absolute atomic E-state index is 0.334. The third-order valence-electron chi connectivity index (χ3n) is 2.21. The zero-order valence-electron chi connectivity index (χ0n) is 10.1. The molecule has 17 heavy (non-hydrogen) atoms. The number of nitrogens with one attached hydrogen (secondary N) is 1. The second-order valence-corrected chi connectivity index (χ2v) is 5.50. The number of nitrogens with two attached hydrogens (primary N) is 1. The van der Waals surface area contributed by atoms with Crippen LogP contribution in [0.15, 0.2) is 35.2 Å². The zero-order chi connectivity index (χ0) is 12.8. The van der Waals surface area contributed by atoms with Crippen molar-refractivity contribution in [2.75, 3.05) is 0 Å². The van der Waals surface area contributed by atoms with Crippen LogP contribution in [0, 0.1) is 5.92 Å². The summed E-state index contributed by atoms with van der Waals surface area (Å²) in [6, 6.07) is 8.16. The molecule has 1 aromatic carbocycles. The molecule has 1 aromatic rings. The fourth-order valence-corrected chi connectivity index (χ4v) is 2.24. The maximum Gasteiger partial charge on any atom is 0.248 e. The number of hydrogen-bond donors (Lipinski definition) is 2. The topological polar surface area (TPSA) is 72.2 Å². The number of hydrogen-bond acceptors (Lipinski definition) is 3. The molecule has 94 valence electrons. The minimum atomic E-state index is -1.53. The first-order chi connectivity index (χ1) is 8.00. The first-order valence-electron chi connectivity index (χ1n) is 5.53. The molecule has 0 aliphatic carbocycles. The van der Waals surface area contributed by atoms with E-state index in [1.54, 1.807) is 24.3 Å². The third kappa shape index (κ3) is 4.66. The molecule has 2 atom stereocenters. The normalized spacial score (nSPS) is 14.4. The van der Waals surface area contributed by atoms with Gasteiger partial charge in [-0.15, -0.1) is 0 Å². The van der Waals surface area contributed by atoms with Gasteiger partial charge in [-0.25, -0.2) is 4.21 Å². The maximum atomic E-state index is 11.8. The molecule has 4 nitrogen and oxygen atoms in total. The Morgan fingerprint density at radius 1 is 1.35 bits per heavy atom. The average Bonchev–Trinajstić information content (AvgIpc) is 2.29. The molecule has 0 heterocycles. The summed E-state index contributed by atoms with van der Waals surface area (Å²) in [4.78, 5) is 12.2. The summed E-state index contributed by atoms with van der Waals surface area (Å²) in [5.41, 5.74) is 5.70. The van der Waals surface area contributed by atoms with Crippen LogP contribution in [-0.4, -0.2) is 16.2 Å². The highest BCUT2D eigenvalue weighted by Crippen LogP contribution is 2.05. The van der Waals surface area contributed by atoms with Crippen molar-refractivity contribution < 1.29 is 9.00 Å². The van der Waals surface area contributed by atoms with Gasteiger partial charge in [-0.2, -0.15) is 0 Å². The molecule has 0 radical (unpaired) electrons. The molecule has 0 bridgehead atoms. The van der Waals surface area contributed by atoms with Crippen molar-refractivity contribution in [2.24, 2.45) is 11.7 Å². The average molecular weight is 254 g/mol. The molecule has 0 fully saturated rings. The number of rotatable bonds is 5. The highest BCUT2D eigenvalue weighted by molar-refractivity contribution is 7.83. The molecule has 1 amide bonds. The van der Waals surface area contributed by atoms with E-state index in [9.17, 15) is 9.00 Å². The van der Waals surface area contributed by atoms with Crippen molar-refractivity contribution in [3.63, 3.8) is 0 Å². The molecule has 0 saturated carbocycles. The predicted molar refractivity (Wildman–Crippen MR) is 68.4 cm³/mol. The molecule has 0 aliphatic rings. The predicted octanol–water partition coefficient (Wildman–Crippen LogP) is 1.20. The monoisotopic (exact) mass is 254 g/mol. The van der Waals surface area contributed by atoms with E-state index in [2.05, 4.69) is 4.72 Å². The van der Waals surface area contributed by atoms with Gasteiger partial charge in [-0.3, -0.25) is 9.52 Å². The molecular formula is C12H18N2O2S. The molecule has 0 saturated heterocycles. The van der Waals surface area contributed by atoms with E-state index in [0.717, 1.165) is 0 Å². The van der Waals surface area contributed by atoms with Gasteiger partial charge in [0.25, 0.3) is 0 Å². The van der Waals surface area contributed by atoms with Gasteiger partial charge in [0, 0.05) is 0 Å². The molecule has 0 spiro atoms. The Balaban J connectivity index is 2.55. The second-order valence-electron chi connectivity index (χ2n) is 4.28. The first-order valence-corrected chi connectivity index (χ1v) is 6.68. The van der Waals surface area contributed by atoms with E-state index < -0.39 is 17.0 Å². The van der Waals surface area contributed by atoms with E-state index in [4.69, 9.17) is 5.73 Å². The number of carbonyl (C=O) groups is 1. The zero-order valence-corrected chi connectivity index (χ0v) is 10.9. The van der Waals surface area contributed by atoms with Gasteiger partial charge in [-0.1, -0.05) is 32.0 Å². The van der Waals surface area contributed by atoms with Gasteiger partial charge in [0.1, 0.15) is 0 Å². The fourth-order valence-electron chi connectivity index (χ4n) is 1.38. The molecular weight excluding hydrogens is 236 g/mol. The Labute approximate surface area is 104 Å². The van der Waals surface area contributed by atoms with Crippen molar-refractivity contribution in [1.29, 1.82) is 0 Å². The molecule has 5 heteroatoms. The van der Waals surface area contributed by atoms with Crippen molar-refractivity contribution in [3.05, 3.63) is 30.3 Å². The van der Waals surface area contributed by atoms with E-state index in [1.807, 2.05) is 19.9 Å². The summed E-state index contributed by atoms with van der Waals surface area (Å²) in [6.07, 6.45) is 0.581. The quantitative estimate of drug-likeness (QED) is 0.829. The van der Waals surface area contributed by atoms with Crippen molar-refractivity contribution in [3.8, 4) is 0 Å². The van der Waals surface area contributed by atoms with Gasteiger partial charge >= 0.3 is 0 Å². The van der Waals surface area contributed by atoms with E-state index in [0.29, 0.717) is 17.2 Å². The third-order valence-corrected chi connectivity index (χ3v) is 3.30. The lowest BCUT2D eigenvalue weighted by molar-refractivity contribution is -0.120. The summed E-state index contributed by atoms with van der Waals surface area (Å²) in [5.74, 6) is -0.0400. The van der Waals surface area contributed by atoms with Crippen LogP contribution in [0.4, 0.5) is 0 Å². The summed E-state index contributed by atoms with van der Waals surface area (Å²) in [7, 11) is -1.53. The summed E-state index contributed by atoms with van der Waals surface area (Å²) in [6.45, 7) is 3.97. The summed E-state index contributed by atoms with van der Waals surface area (Å²) < 4.78 is 14.2. The van der Waals surface area contributed by atoms with E-state index in [-0.39, 0.29) is 5.91 Å². The highest BCUT2D eigenvalue weighted by atomic mass is 32.2. The number of amides is 1. The van der Waals surface area contributed by atoms with Crippen molar-refractivity contribution in [1.82, 2.24) is 4.72 Å². The van der Waals surface area contributed by atoms with Crippen molar-refractivity contribution in [2.45, 2.75) is 31.2 Å². The van der Waals surface area contributed by atoms with Gasteiger partial charge in [0.15, 0.2) is 11.0 Å². The van der Waals surface area contributed by atoms with E-state index >= 15 is 0 Å². The minimum Gasteiger partial charge on any atom is -0.320 e. The van der Waals surface area contributed by atoms with Crippen molar-refractivity contribution >= 4 is 16.9 Å². The Morgan fingerprint density at radius 3 is 2.47 bits per heavy atom. The molecule has 0 unspecified atom stereocenters. The molecule has 0 aliphatic heterocycles. The Bertz CT molecular complexity index is 393. The fraction of sp³-hybridized carbons (Fsp3) is 0.417. The Hall–Kier alpha value is -1.20. The second kappa shape index (κ2) is 6.51. The van der Waals surface area contributed by atoms with Gasteiger partial charge in [0.2, 0.25) is 5.91 Å². The molecule has 3 N–H and O–H groups in total. The highest BCUT2D eigenvalue weighted by Gasteiger charge is 2.17. The molecule has 0 aromatic heterocycles. The molecule has 1 rings (SSSR count). The lowest BCUT2D eigenvalue weighted by Gasteiger charge is -2.13. The van der Waals surface area contributed by atoms with E-state index in [1.165, 1.54) is 0 Å². The van der Waals surface area contributed by atoms with Crippen LogP contribution in [0.5, 0.6) is 0 Å². The Morgan fingerprint density at radius 2 is 1.94 bits per heavy atom. The van der Waals surface area contributed by atoms with Crippen LogP contribution in [0.3, 0.4) is 0 Å². The largest absolute Gasteiger partial charge is 0.320 e. The van der Waals surface area contributed by atoms with Crippen LogP contribution in [0.25, 0.3) is 0 Å². The number of carbonyl (C=O) groups excluding carboxylic acids is 1. The standard InChI is InChI=1S/C12H18N2O2S/c1-9(2)8-11(13)12(15)14-17(16)10-6-4-3-5-7-10/h3-7,9,11H,8,13H2,1-2H3,(H,14,15)/t11-,17+/m1/s1. The first kappa shape index (κ1) is 13.9. The summed E-state index contributed by atoms with van der Waals surface area (Å²) >= 11 is 0. The summed E-state index contributed by atoms with van der Waals surface area (Å²) in [5, 5.41) is 0. The Kier molecular flexibility index (Phi) is 5.31.